The van der Waals surface area contributed by atoms with E-state index in [1.54, 1.807) is 6.20 Å². The number of nitrogens with zero attached hydrogens (tertiary/aromatic N) is 2. The molecule has 0 saturated heterocycles. The van der Waals surface area contributed by atoms with Crippen LogP contribution < -0.4 is 16.3 Å². The Balaban J connectivity index is 2.46. The quantitative estimate of drug-likeness (QED) is 0.699. The van der Waals surface area contributed by atoms with Crippen molar-refractivity contribution in [3.63, 3.8) is 0 Å². The summed E-state index contributed by atoms with van der Waals surface area (Å²) in [6.45, 7) is 0. The summed E-state index contributed by atoms with van der Waals surface area (Å²) in [7, 11) is 0. The van der Waals surface area contributed by atoms with Crippen LogP contribution in [0.2, 0.25) is 0 Å². The molecule has 4 heteroatoms. The molecule has 2 N–H and O–H groups in total. The summed E-state index contributed by atoms with van der Waals surface area (Å²) in [6.07, 6.45) is 9.88. The molecule has 16 heavy (non-hydrogen) atoms. The van der Waals surface area contributed by atoms with Gasteiger partial charge >= 0.3 is 0 Å². The molecule has 2 heterocycles. The Morgan fingerprint density at radius 3 is 3.06 bits per heavy atom. The zero-order valence-corrected chi connectivity index (χ0v) is 8.47. The molecule has 1 aliphatic heterocycles. The zero-order chi connectivity index (χ0) is 11.1. The third-order valence-corrected chi connectivity index (χ3v) is 2.76. The number of carbonyl (C=O) groups excluding carboxylic acids is 1. The highest BCUT2D eigenvalue weighted by Crippen LogP contribution is 2.22. The van der Waals surface area contributed by atoms with Crippen molar-refractivity contribution >= 4 is 11.5 Å². The molecule has 3 rings (SSSR count). The predicted octanol–water partition coefficient (Wildman–Crippen LogP) is -0.192. The molecule has 0 unspecified atom stereocenters. The van der Waals surface area contributed by atoms with Crippen molar-refractivity contribution in [3.8, 4) is 0 Å². The molecule has 0 spiro atoms. The zero-order valence-electron chi connectivity index (χ0n) is 8.47. The highest BCUT2D eigenvalue weighted by atomic mass is 16.1. The number of carbonyl (C=O) groups is 1. The third kappa shape index (κ3) is 1.13. The van der Waals surface area contributed by atoms with E-state index < -0.39 is 5.91 Å². The number of amides is 1. The lowest BCUT2D eigenvalue weighted by molar-refractivity contribution is 0.0999. The number of aromatic nitrogens is 1. The predicted molar refractivity (Wildman–Crippen MR) is 58.8 cm³/mol. The maximum absolute atomic E-state index is 11.3. The lowest BCUT2D eigenvalue weighted by Crippen LogP contribution is -2.33. The lowest BCUT2D eigenvalue weighted by Gasteiger charge is -2.04. The van der Waals surface area contributed by atoms with E-state index in [0.29, 0.717) is 5.56 Å². The van der Waals surface area contributed by atoms with E-state index in [9.17, 15) is 4.79 Å². The fraction of sp³-hybridized carbons (Fsp3) is 0.0833. The third-order valence-electron chi connectivity index (χ3n) is 2.76. The van der Waals surface area contributed by atoms with E-state index in [4.69, 9.17) is 5.73 Å². The van der Waals surface area contributed by atoms with Gasteiger partial charge in [-0.2, -0.15) is 0 Å². The molecule has 0 fully saturated rings. The van der Waals surface area contributed by atoms with Gasteiger partial charge in [0.05, 0.1) is 22.8 Å². The van der Waals surface area contributed by atoms with Crippen molar-refractivity contribution in [1.82, 2.24) is 4.98 Å². The fourth-order valence-corrected chi connectivity index (χ4v) is 2.05. The van der Waals surface area contributed by atoms with Gasteiger partial charge in [0, 0.05) is 11.4 Å². The number of pyridine rings is 1. The highest BCUT2D eigenvalue weighted by Gasteiger charge is 2.17. The minimum atomic E-state index is -0.456. The topological polar surface area (TPSA) is 68.3 Å². The van der Waals surface area contributed by atoms with Crippen molar-refractivity contribution < 1.29 is 4.79 Å². The minimum Gasteiger partial charge on any atom is -0.366 e. The molecule has 4 nitrogen and oxygen atoms in total. The molecule has 1 amide bonds. The average Bonchev–Trinajstić information content (AvgIpc) is 2.66. The van der Waals surface area contributed by atoms with Gasteiger partial charge in [-0.3, -0.25) is 9.78 Å². The summed E-state index contributed by atoms with van der Waals surface area (Å²) in [4.78, 5) is 19.7. The summed E-state index contributed by atoms with van der Waals surface area (Å²) in [5, 5.41) is 1.58. The Kier molecular flexibility index (Phi) is 1.77. The van der Waals surface area contributed by atoms with E-state index in [-0.39, 0.29) is 0 Å². The Morgan fingerprint density at radius 2 is 2.25 bits per heavy atom. The smallest absolute Gasteiger partial charge is 0.250 e. The van der Waals surface area contributed by atoms with Crippen molar-refractivity contribution in [2.45, 2.75) is 6.42 Å². The van der Waals surface area contributed by atoms with Gasteiger partial charge in [-0.15, -0.1) is 0 Å². The first kappa shape index (κ1) is 9.03. The summed E-state index contributed by atoms with van der Waals surface area (Å²) >= 11 is 0. The van der Waals surface area contributed by atoms with Crippen LogP contribution in [0.1, 0.15) is 16.8 Å². The van der Waals surface area contributed by atoms with Crippen molar-refractivity contribution in [3.05, 3.63) is 52.5 Å². The van der Waals surface area contributed by atoms with Crippen LogP contribution in [0.25, 0.3) is 5.57 Å². The van der Waals surface area contributed by atoms with E-state index in [2.05, 4.69) is 9.98 Å². The van der Waals surface area contributed by atoms with Crippen LogP contribution in [-0.2, 0) is 0 Å². The second-order valence-corrected chi connectivity index (χ2v) is 3.72. The van der Waals surface area contributed by atoms with Gasteiger partial charge in [-0.05, 0) is 18.1 Å². The summed E-state index contributed by atoms with van der Waals surface area (Å²) in [5.41, 5.74) is 7.76. The Morgan fingerprint density at radius 1 is 1.38 bits per heavy atom. The van der Waals surface area contributed by atoms with Gasteiger partial charge in [-0.1, -0.05) is 12.2 Å². The number of primary amides is 1. The normalized spacial score (nSPS) is 16.2. The van der Waals surface area contributed by atoms with Crippen LogP contribution in [-0.4, -0.2) is 10.9 Å². The number of hydrogen-bond acceptors (Lipinski definition) is 3. The molecule has 0 bridgehead atoms. The average molecular weight is 211 g/mol. The number of rotatable bonds is 1. The lowest BCUT2D eigenvalue weighted by atomic mass is 10.0. The van der Waals surface area contributed by atoms with Crippen molar-refractivity contribution in [1.29, 1.82) is 0 Å². The van der Waals surface area contributed by atoms with Gasteiger partial charge in [0.15, 0.2) is 0 Å². The molecule has 0 aromatic carbocycles. The molecule has 1 aromatic heterocycles. The Hall–Kier alpha value is -2.23. The summed E-state index contributed by atoms with van der Waals surface area (Å²) < 4.78 is 0. The first-order chi connectivity index (χ1) is 7.77. The summed E-state index contributed by atoms with van der Waals surface area (Å²) in [5.74, 6) is -0.456. The highest BCUT2D eigenvalue weighted by molar-refractivity contribution is 5.94. The van der Waals surface area contributed by atoms with Crippen molar-refractivity contribution in [2.75, 3.05) is 0 Å². The standard InChI is InChI=1S/C12H9N3O/c13-12(16)8-5-14-6-10-11(8)7-3-1-2-4-9(7)15-10/h1-2,4-6H,3H2,(H2,13,16). The fourth-order valence-electron chi connectivity index (χ4n) is 2.05. The van der Waals surface area contributed by atoms with Gasteiger partial charge in [0.1, 0.15) is 0 Å². The number of allylic oxidation sites excluding steroid dienone is 4. The second-order valence-electron chi connectivity index (χ2n) is 3.72. The second kappa shape index (κ2) is 3.13. The number of fused-ring (bicyclic) bond motifs is 2. The number of nitrogens with two attached hydrogens (primary N) is 1. The maximum Gasteiger partial charge on any atom is 0.250 e. The van der Waals surface area contributed by atoms with Crippen LogP contribution in [0, 0.1) is 0 Å². The van der Waals surface area contributed by atoms with Gasteiger partial charge in [-0.25, -0.2) is 4.99 Å². The van der Waals surface area contributed by atoms with Gasteiger partial charge in [0.25, 0.3) is 5.91 Å². The molecule has 2 aliphatic rings. The van der Waals surface area contributed by atoms with Gasteiger partial charge < -0.3 is 5.73 Å². The molecular weight excluding hydrogens is 202 g/mol. The molecule has 1 aliphatic carbocycles. The first-order valence-corrected chi connectivity index (χ1v) is 5.00. The largest absolute Gasteiger partial charge is 0.366 e. The van der Waals surface area contributed by atoms with Crippen molar-refractivity contribution in [2.24, 2.45) is 10.7 Å². The molecular formula is C12H9N3O. The van der Waals surface area contributed by atoms with Crippen LogP contribution in [0.3, 0.4) is 0 Å². The molecule has 0 atom stereocenters. The summed E-state index contributed by atoms with van der Waals surface area (Å²) in [6, 6.07) is 0. The van der Waals surface area contributed by atoms with E-state index in [0.717, 1.165) is 28.3 Å². The van der Waals surface area contributed by atoms with Crippen LogP contribution in [0.15, 0.2) is 41.3 Å². The monoisotopic (exact) mass is 211 g/mol. The van der Waals surface area contributed by atoms with Crippen LogP contribution >= 0.6 is 0 Å². The van der Waals surface area contributed by atoms with Gasteiger partial charge in [0.2, 0.25) is 0 Å². The maximum atomic E-state index is 11.3. The van der Waals surface area contributed by atoms with E-state index >= 15 is 0 Å². The van der Waals surface area contributed by atoms with E-state index in [1.165, 1.54) is 6.20 Å². The van der Waals surface area contributed by atoms with Crippen LogP contribution in [0.4, 0.5) is 0 Å². The SMILES string of the molecule is NC(=O)c1cncc2c1=C1CC=CC=C1N=2. The molecule has 78 valence electrons. The Bertz CT molecular complexity index is 668. The number of hydrogen-bond donors (Lipinski definition) is 1. The molecule has 0 radical (unpaired) electrons. The van der Waals surface area contributed by atoms with E-state index in [1.807, 2.05) is 18.2 Å². The van der Waals surface area contributed by atoms with Crippen LogP contribution in [0.5, 0.6) is 0 Å². The first-order valence-electron chi connectivity index (χ1n) is 5.00. The molecule has 0 saturated carbocycles. The minimum absolute atomic E-state index is 0.454. The molecule has 1 aromatic rings. The Labute approximate surface area is 91.5 Å².